The van der Waals surface area contributed by atoms with Crippen molar-refractivity contribution in [3.05, 3.63) is 64.2 Å². The number of allylic oxidation sites excluding steroid dienone is 5. The highest BCUT2D eigenvalue weighted by Gasteiger charge is 2.38. The zero-order valence-corrected chi connectivity index (χ0v) is 22.8. The molecular formula is C25H34Cl2N4O3S. The van der Waals surface area contributed by atoms with E-state index in [0.717, 1.165) is 11.3 Å². The second-order valence-corrected chi connectivity index (χ2v) is 11.7. The fourth-order valence-corrected chi connectivity index (χ4v) is 5.56. The number of nitrogens with one attached hydrogen (secondary N) is 1. The van der Waals surface area contributed by atoms with Crippen LogP contribution in [0, 0.1) is 11.8 Å². The van der Waals surface area contributed by atoms with E-state index in [4.69, 9.17) is 23.2 Å². The molecule has 0 radical (unpaired) electrons. The van der Waals surface area contributed by atoms with Gasteiger partial charge in [-0.2, -0.15) is 4.31 Å². The molecule has 2 amide bonds. The quantitative estimate of drug-likeness (QED) is 0.511. The lowest BCUT2D eigenvalue weighted by Crippen LogP contribution is -2.53. The first kappa shape index (κ1) is 27.6. The number of carbonyl (C=O) groups is 1. The van der Waals surface area contributed by atoms with Crippen LogP contribution in [0.15, 0.2) is 59.2 Å². The van der Waals surface area contributed by atoms with Crippen LogP contribution in [0.4, 0.5) is 10.5 Å². The zero-order chi connectivity index (χ0) is 25.6. The molecule has 1 unspecified atom stereocenters. The van der Waals surface area contributed by atoms with Gasteiger partial charge in [0.15, 0.2) is 0 Å². The summed E-state index contributed by atoms with van der Waals surface area (Å²) in [7, 11) is -3.24. The number of sulfonamides is 1. The molecule has 1 aromatic carbocycles. The minimum atomic E-state index is -3.24. The van der Waals surface area contributed by atoms with Crippen LogP contribution in [-0.4, -0.2) is 80.6 Å². The van der Waals surface area contributed by atoms with Crippen molar-refractivity contribution >= 4 is 44.9 Å². The number of urea groups is 1. The van der Waals surface area contributed by atoms with E-state index in [9.17, 15) is 13.2 Å². The molecule has 10 heteroatoms. The third-order valence-electron chi connectivity index (χ3n) is 6.57. The van der Waals surface area contributed by atoms with Crippen molar-refractivity contribution in [2.24, 2.45) is 11.8 Å². The number of halogens is 2. The molecule has 2 aliphatic rings. The average molecular weight is 542 g/mol. The minimum Gasteiger partial charge on any atom is -0.385 e. The van der Waals surface area contributed by atoms with Gasteiger partial charge in [-0.25, -0.2) is 13.2 Å². The predicted octanol–water partition coefficient (Wildman–Crippen LogP) is 4.64. The maximum Gasteiger partial charge on any atom is 0.320 e. The van der Waals surface area contributed by atoms with Gasteiger partial charge in [0.1, 0.15) is 0 Å². The van der Waals surface area contributed by atoms with Crippen LogP contribution < -0.4 is 5.32 Å². The molecule has 1 N–H and O–H groups in total. The van der Waals surface area contributed by atoms with Crippen LogP contribution in [-0.2, 0) is 10.0 Å². The number of likely N-dealkylation sites (tertiary alicyclic amines) is 1. The summed E-state index contributed by atoms with van der Waals surface area (Å²) in [6.07, 6.45) is 9.04. The van der Waals surface area contributed by atoms with Crippen LogP contribution in [0.1, 0.15) is 13.8 Å². The Morgan fingerprint density at radius 3 is 2.26 bits per heavy atom. The van der Waals surface area contributed by atoms with Gasteiger partial charge in [-0.05, 0) is 49.8 Å². The number of piperazine rings is 1. The van der Waals surface area contributed by atoms with Crippen molar-refractivity contribution in [1.29, 1.82) is 0 Å². The standard InChI is InChI=1S/C25H34Cl2N4O3S/c1-4-19(6-7-21(26)5-2)24-18-30(17-20(24)16-28-23-10-8-22(27)9-11-23)25(32)29-12-14-31(15-13-29)35(3,33)34/h4-11,20,24,28H,12-18H2,1-3H3/b7-6-,19-4+,21-5-/t20?,24-/m1/s1. The molecule has 192 valence electrons. The van der Waals surface area contributed by atoms with E-state index in [1.165, 1.54) is 10.6 Å². The van der Waals surface area contributed by atoms with Crippen molar-refractivity contribution in [1.82, 2.24) is 14.1 Å². The Balaban J connectivity index is 1.73. The van der Waals surface area contributed by atoms with Crippen molar-refractivity contribution < 1.29 is 13.2 Å². The molecule has 2 atom stereocenters. The Hall–Kier alpha value is -2.00. The summed E-state index contributed by atoms with van der Waals surface area (Å²) in [6.45, 7) is 7.24. The molecule has 35 heavy (non-hydrogen) atoms. The number of amides is 2. The second-order valence-electron chi connectivity index (χ2n) is 8.89. The number of nitrogens with zero attached hydrogens (tertiary/aromatic N) is 3. The van der Waals surface area contributed by atoms with E-state index in [1.54, 1.807) is 4.90 Å². The molecule has 0 bridgehead atoms. The van der Waals surface area contributed by atoms with Gasteiger partial charge in [-0.3, -0.25) is 0 Å². The Morgan fingerprint density at radius 2 is 1.69 bits per heavy atom. The Kier molecular flexibility index (Phi) is 9.69. The highest BCUT2D eigenvalue weighted by Crippen LogP contribution is 2.32. The number of anilines is 1. The fraction of sp³-hybridized carbons (Fsp3) is 0.480. The first-order valence-electron chi connectivity index (χ1n) is 11.8. The van der Waals surface area contributed by atoms with Gasteiger partial charge in [-0.1, -0.05) is 41.4 Å². The predicted molar refractivity (Wildman–Crippen MR) is 144 cm³/mol. The smallest absolute Gasteiger partial charge is 0.320 e. The Morgan fingerprint density at radius 1 is 1.03 bits per heavy atom. The van der Waals surface area contributed by atoms with Crippen molar-refractivity contribution in [2.45, 2.75) is 13.8 Å². The molecule has 2 aliphatic heterocycles. The maximum atomic E-state index is 13.4. The SMILES string of the molecule is C/C=C(Cl)/C=C\C(=C/C)[C@H]1CN(C(=O)N2CCN(S(C)(=O)=O)CC2)CC1CNc1ccc(Cl)cc1. The lowest BCUT2D eigenvalue weighted by atomic mass is 9.88. The highest BCUT2D eigenvalue weighted by molar-refractivity contribution is 7.88. The van der Waals surface area contributed by atoms with Gasteiger partial charge in [-0.15, -0.1) is 0 Å². The molecule has 2 saturated heterocycles. The van der Waals surface area contributed by atoms with E-state index in [1.807, 2.05) is 61.2 Å². The summed E-state index contributed by atoms with van der Waals surface area (Å²) >= 11 is 12.2. The topological polar surface area (TPSA) is 73.0 Å². The molecule has 0 aromatic heterocycles. The number of hydrogen-bond donors (Lipinski definition) is 1. The molecule has 0 spiro atoms. The first-order chi connectivity index (χ1) is 16.6. The molecule has 3 rings (SSSR count). The van der Waals surface area contributed by atoms with Crippen LogP contribution in [0.3, 0.4) is 0 Å². The van der Waals surface area contributed by atoms with E-state index >= 15 is 0 Å². The summed E-state index contributed by atoms with van der Waals surface area (Å²) in [5, 5.41) is 4.83. The lowest BCUT2D eigenvalue weighted by Gasteiger charge is -2.35. The normalized spacial score (nSPS) is 22.8. The van der Waals surface area contributed by atoms with Gasteiger partial charge in [0.05, 0.1) is 6.26 Å². The number of rotatable bonds is 7. The van der Waals surface area contributed by atoms with Crippen molar-refractivity contribution in [2.75, 3.05) is 57.4 Å². The summed E-state index contributed by atoms with van der Waals surface area (Å²) < 4.78 is 25.1. The van der Waals surface area contributed by atoms with E-state index in [2.05, 4.69) is 11.4 Å². The number of benzene rings is 1. The molecular weight excluding hydrogens is 507 g/mol. The van der Waals surface area contributed by atoms with E-state index < -0.39 is 10.0 Å². The summed E-state index contributed by atoms with van der Waals surface area (Å²) in [5.41, 5.74) is 2.11. The average Bonchev–Trinajstić information content (AvgIpc) is 3.27. The zero-order valence-electron chi connectivity index (χ0n) is 20.5. The molecule has 0 saturated carbocycles. The van der Waals surface area contributed by atoms with Crippen LogP contribution in [0.5, 0.6) is 0 Å². The van der Waals surface area contributed by atoms with E-state index in [0.29, 0.717) is 55.9 Å². The van der Waals surface area contributed by atoms with Crippen LogP contribution >= 0.6 is 23.2 Å². The van der Waals surface area contributed by atoms with Crippen molar-refractivity contribution in [3.8, 4) is 0 Å². The van der Waals surface area contributed by atoms with Gasteiger partial charge < -0.3 is 15.1 Å². The largest absolute Gasteiger partial charge is 0.385 e. The Bertz CT molecular complexity index is 1080. The molecule has 2 heterocycles. The number of carbonyl (C=O) groups excluding carboxylic acids is 1. The summed E-state index contributed by atoms with van der Waals surface area (Å²) in [5.74, 6) is 0.325. The monoisotopic (exact) mass is 540 g/mol. The van der Waals surface area contributed by atoms with Crippen LogP contribution in [0.25, 0.3) is 0 Å². The molecule has 2 fully saturated rings. The molecule has 0 aliphatic carbocycles. The summed E-state index contributed by atoms with van der Waals surface area (Å²) in [6, 6.07) is 7.54. The van der Waals surface area contributed by atoms with Gasteiger partial charge in [0.2, 0.25) is 10.0 Å². The third-order valence-corrected chi connectivity index (χ3v) is 8.47. The Labute approximate surface area is 219 Å². The lowest BCUT2D eigenvalue weighted by molar-refractivity contribution is 0.141. The van der Waals surface area contributed by atoms with Gasteiger partial charge in [0, 0.05) is 73.4 Å². The minimum absolute atomic E-state index is 0.0388. The maximum absolute atomic E-state index is 13.4. The second kappa shape index (κ2) is 12.3. The van der Waals surface area contributed by atoms with Gasteiger partial charge >= 0.3 is 6.03 Å². The first-order valence-corrected chi connectivity index (χ1v) is 14.4. The van der Waals surface area contributed by atoms with E-state index in [-0.39, 0.29) is 17.9 Å². The highest BCUT2D eigenvalue weighted by atomic mass is 35.5. The fourth-order valence-electron chi connectivity index (χ4n) is 4.55. The molecule has 1 aromatic rings. The van der Waals surface area contributed by atoms with Gasteiger partial charge in [0.25, 0.3) is 0 Å². The third kappa shape index (κ3) is 7.49. The number of hydrogen-bond acceptors (Lipinski definition) is 4. The summed E-state index contributed by atoms with van der Waals surface area (Å²) in [4.78, 5) is 17.0. The molecule has 7 nitrogen and oxygen atoms in total. The van der Waals surface area contributed by atoms with Crippen LogP contribution in [0.2, 0.25) is 5.02 Å². The van der Waals surface area contributed by atoms with Crippen molar-refractivity contribution in [3.63, 3.8) is 0 Å².